The highest BCUT2D eigenvalue weighted by Gasteiger charge is 2.36. The molecular weight excluding hydrogens is 428 g/mol. The molecule has 0 aromatic heterocycles. The first kappa shape index (κ1) is 23.9. The van der Waals surface area contributed by atoms with E-state index in [1.165, 1.54) is 10.5 Å². The summed E-state index contributed by atoms with van der Waals surface area (Å²) in [5.74, 6) is -0.123. The van der Waals surface area contributed by atoms with E-state index in [1.54, 1.807) is 17.0 Å². The van der Waals surface area contributed by atoms with Crippen molar-refractivity contribution in [3.8, 4) is 0 Å². The first-order chi connectivity index (χ1) is 16.2. The lowest BCUT2D eigenvalue weighted by atomic mass is 9.88. The quantitative estimate of drug-likeness (QED) is 0.456. The van der Waals surface area contributed by atoms with Crippen molar-refractivity contribution < 1.29 is 19.2 Å². The Hall–Kier alpha value is -3.28. The van der Waals surface area contributed by atoms with Gasteiger partial charge in [-0.05, 0) is 49.8 Å². The topological polar surface area (TPSA) is 74.8 Å². The molecular formula is C28H32N2O4. The number of benzene rings is 2. The van der Waals surface area contributed by atoms with Gasteiger partial charge in [-0.2, -0.15) is 0 Å². The summed E-state index contributed by atoms with van der Waals surface area (Å²) < 4.78 is 0. The van der Waals surface area contributed by atoms with Gasteiger partial charge in [0.25, 0.3) is 11.8 Å². The monoisotopic (exact) mass is 460 g/mol. The van der Waals surface area contributed by atoms with Crippen molar-refractivity contribution >= 4 is 23.5 Å². The van der Waals surface area contributed by atoms with Crippen LogP contribution in [0, 0.1) is 18.8 Å². The molecule has 0 saturated carbocycles. The summed E-state index contributed by atoms with van der Waals surface area (Å²) in [6, 6.07) is 13.1. The Kier molecular flexibility index (Phi) is 6.96. The Morgan fingerprint density at radius 3 is 2.24 bits per heavy atom. The molecule has 0 bridgehead atoms. The molecule has 2 aliphatic heterocycles. The van der Waals surface area contributed by atoms with Crippen molar-refractivity contribution in [2.45, 2.75) is 46.5 Å². The smallest absolute Gasteiger partial charge is 0.261 e. The Bertz CT molecular complexity index is 1110. The zero-order valence-corrected chi connectivity index (χ0v) is 20.2. The number of Topliss-reactive ketones (excluding diaryl/α,β-unsaturated/α-hetero) is 1. The Balaban J connectivity index is 1.27. The van der Waals surface area contributed by atoms with E-state index in [4.69, 9.17) is 0 Å². The summed E-state index contributed by atoms with van der Waals surface area (Å²) in [5.41, 5.74) is 3.70. The predicted molar refractivity (Wildman–Crippen MR) is 130 cm³/mol. The van der Waals surface area contributed by atoms with Crippen LogP contribution in [0.4, 0.5) is 0 Å². The molecule has 6 nitrogen and oxygen atoms in total. The third kappa shape index (κ3) is 4.96. The highest BCUT2D eigenvalue weighted by Crippen LogP contribution is 2.25. The average molecular weight is 461 g/mol. The Labute approximate surface area is 200 Å². The van der Waals surface area contributed by atoms with Crippen molar-refractivity contribution in [2.24, 2.45) is 11.8 Å². The van der Waals surface area contributed by atoms with Gasteiger partial charge in [-0.3, -0.25) is 24.1 Å². The number of hydrogen-bond acceptors (Lipinski definition) is 4. The van der Waals surface area contributed by atoms with Gasteiger partial charge >= 0.3 is 0 Å². The van der Waals surface area contributed by atoms with Crippen LogP contribution in [0.1, 0.15) is 75.3 Å². The molecule has 0 N–H and O–H groups in total. The first-order valence-electron chi connectivity index (χ1n) is 12.1. The number of amides is 3. The van der Waals surface area contributed by atoms with Crippen LogP contribution >= 0.6 is 0 Å². The van der Waals surface area contributed by atoms with Gasteiger partial charge in [-0.1, -0.05) is 49.7 Å². The highest BCUT2D eigenvalue weighted by atomic mass is 16.2. The number of imide groups is 1. The lowest BCUT2D eigenvalue weighted by molar-refractivity contribution is -0.132. The number of carbonyl (C=O) groups excluding carboxylic acids is 4. The highest BCUT2D eigenvalue weighted by molar-refractivity contribution is 6.21. The zero-order chi connectivity index (χ0) is 24.4. The number of ketones is 1. The van der Waals surface area contributed by atoms with E-state index in [-0.39, 0.29) is 42.4 Å². The van der Waals surface area contributed by atoms with Crippen LogP contribution in [0.2, 0.25) is 0 Å². The summed E-state index contributed by atoms with van der Waals surface area (Å²) in [6.07, 6.45) is 2.35. The van der Waals surface area contributed by atoms with Crippen molar-refractivity contribution in [1.29, 1.82) is 0 Å². The van der Waals surface area contributed by atoms with Gasteiger partial charge in [0.05, 0.1) is 11.1 Å². The fourth-order valence-corrected chi connectivity index (χ4v) is 4.88. The minimum Gasteiger partial charge on any atom is -0.343 e. The second-order valence-electron chi connectivity index (χ2n) is 9.88. The molecule has 0 spiro atoms. The van der Waals surface area contributed by atoms with Crippen molar-refractivity contribution in [3.63, 3.8) is 0 Å². The Morgan fingerprint density at radius 2 is 1.59 bits per heavy atom. The van der Waals surface area contributed by atoms with Gasteiger partial charge in [-0.15, -0.1) is 0 Å². The molecule has 0 radical (unpaired) electrons. The number of aryl methyl sites for hydroxylation is 1. The van der Waals surface area contributed by atoms with Crippen LogP contribution in [-0.4, -0.2) is 52.9 Å². The molecule has 2 heterocycles. The number of carbonyl (C=O) groups is 4. The predicted octanol–water partition coefficient (Wildman–Crippen LogP) is 4.30. The summed E-state index contributed by atoms with van der Waals surface area (Å²) in [4.78, 5) is 53.8. The van der Waals surface area contributed by atoms with E-state index in [2.05, 4.69) is 13.8 Å². The lowest BCUT2D eigenvalue weighted by Crippen LogP contribution is -2.42. The molecule has 6 heteroatoms. The molecule has 2 aromatic carbocycles. The fourth-order valence-electron chi connectivity index (χ4n) is 4.88. The summed E-state index contributed by atoms with van der Waals surface area (Å²) in [6.45, 7) is 7.33. The van der Waals surface area contributed by atoms with E-state index in [0.29, 0.717) is 43.0 Å². The maximum atomic E-state index is 12.9. The van der Waals surface area contributed by atoms with Gasteiger partial charge in [-0.25, -0.2) is 0 Å². The molecule has 1 saturated heterocycles. The number of rotatable bonds is 7. The first-order valence-corrected chi connectivity index (χ1v) is 12.1. The maximum Gasteiger partial charge on any atom is 0.261 e. The standard InChI is InChI=1S/C28H32N2O4/c1-18(2)16-20-5-7-21(8-6-20)26(32)22-10-13-29(14-11-22)25(31)12-15-30-27(33)23-9-4-19(3)17-24(23)28(30)34/h4-9,17-18,22H,10-16H2,1-3H3. The third-order valence-corrected chi connectivity index (χ3v) is 6.78. The molecule has 0 unspecified atom stereocenters. The fraction of sp³-hybridized carbons (Fsp3) is 0.429. The number of nitrogens with zero attached hydrogens (tertiary/aromatic N) is 2. The minimum atomic E-state index is -0.337. The number of fused-ring (bicyclic) bond motifs is 1. The van der Waals surface area contributed by atoms with Crippen molar-refractivity contribution in [2.75, 3.05) is 19.6 Å². The van der Waals surface area contributed by atoms with Crippen LogP contribution in [0.5, 0.6) is 0 Å². The van der Waals surface area contributed by atoms with Crippen LogP contribution in [0.25, 0.3) is 0 Å². The summed E-state index contributed by atoms with van der Waals surface area (Å²) in [5, 5.41) is 0. The molecule has 2 aliphatic rings. The summed E-state index contributed by atoms with van der Waals surface area (Å²) >= 11 is 0. The molecule has 2 aromatic rings. The van der Waals surface area contributed by atoms with Gasteiger partial charge in [0.15, 0.2) is 5.78 Å². The zero-order valence-electron chi connectivity index (χ0n) is 20.2. The molecule has 3 amide bonds. The van der Waals surface area contributed by atoms with Crippen molar-refractivity contribution in [1.82, 2.24) is 9.80 Å². The SMILES string of the molecule is Cc1ccc2c(c1)C(=O)N(CCC(=O)N1CCC(C(=O)c3ccc(CC(C)C)cc3)CC1)C2=O. The minimum absolute atomic E-state index is 0.0752. The van der Waals surface area contributed by atoms with E-state index in [0.717, 1.165) is 17.5 Å². The molecule has 1 fully saturated rings. The molecule has 0 aliphatic carbocycles. The van der Waals surface area contributed by atoms with Crippen LogP contribution in [0.15, 0.2) is 42.5 Å². The van der Waals surface area contributed by atoms with Crippen LogP contribution in [-0.2, 0) is 11.2 Å². The van der Waals surface area contributed by atoms with E-state index < -0.39 is 0 Å². The number of hydrogen-bond donors (Lipinski definition) is 0. The van der Waals surface area contributed by atoms with Gasteiger partial charge < -0.3 is 4.90 Å². The second-order valence-corrected chi connectivity index (χ2v) is 9.88. The van der Waals surface area contributed by atoms with E-state index in [9.17, 15) is 19.2 Å². The molecule has 0 atom stereocenters. The largest absolute Gasteiger partial charge is 0.343 e. The van der Waals surface area contributed by atoms with Crippen LogP contribution < -0.4 is 0 Å². The van der Waals surface area contributed by atoms with Crippen LogP contribution in [0.3, 0.4) is 0 Å². The number of piperidine rings is 1. The normalized spacial score (nSPS) is 16.4. The van der Waals surface area contributed by atoms with Gasteiger partial charge in [0, 0.05) is 37.5 Å². The van der Waals surface area contributed by atoms with Gasteiger partial charge in [0.1, 0.15) is 0 Å². The van der Waals surface area contributed by atoms with Gasteiger partial charge in [0.2, 0.25) is 5.91 Å². The summed E-state index contributed by atoms with van der Waals surface area (Å²) in [7, 11) is 0. The van der Waals surface area contributed by atoms with E-state index in [1.807, 2.05) is 37.3 Å². The van der Waals surface area contributed by atoms with E-state index >= 15 is 0 Å². The maximum absolute atomic E-state index is 12.9. The third-order valence-electron chi connectivity index (χ3n) is 6.78. The Morgan fingerprint density at radius 1 is 0.941 bits per heavy atom. The second kappa shape index (κ2) is 9.92. The molecule has 178 valence electrons. The molecule has 4 rings (SSSR count). The number of likely N-dealkylation sites (tertiary alicyclic amines) is 1. The average Bonchev–Trinajstić information content (AvgIpc) is 3.06. The molecule has 34 heavy (non-hydrogen) atoms. The lowest BCUT2D eigenvalue weighted by Gasteiger charge is -2.31. The van der Waals surface area contributed by atoms with Crippen molar-refractivity contribution in [3.05, 3.63) is 70.3 Å².